The summed E-state index contributed by atoms with van der Waals surface area (Å²) in [6.07, 6.45) is -0.948. The molecule has 0 aliphatic rings. The molecule has 0 saturated heterocycles. The van der Waals surface area contributed by atoms with E-state index < -0.39 is 6.10 Å². The maximum atomic E-state index is 10.5. The van der Waals surface area contributed by atoms with Crippen molar-refractivity contribution in [2.24, 2.45) is 0 Å². The number of methoxy groups -OCH3 is 1. The van der Waals surface area contributed by atoms with Gasteiger partial charge in [-0.25, -0.2) is 0 Å². The number of ether oxygens (including phenoxy) is 4. The van der Waals surface area contributed by atoms with Gasteiger partial charge in [-0.2, -0.15) is 0 Å². The average Bonchev–Trinajstić information content (AvgIpc) is 3.20. The van der Waals surface area contributed by atoms with E-state index in [1.165, 1.54) is 4.88 Å². The quantitative estimate of drug-likeness (QED) is 0.483. The Morgan fingerprint density at radius 2 is 1.68 bits per heavy atom. The van der Waals surface area contributed by atoms with Gasteiger partial charge < -0.3 is 24.1 Å². The Hall–Kier alpha value is -1.64. The predicted octanol–water partition coefficient (Wildman–Crippen LogP) is 3.40. The molecule has 7 heteroatoms. The fourth-order valence-corrected chi connectivity index (χ4v) is 3.52. The summed E-state index contributed by atoms with van der Waals surface area (Å²) >= 11 is 1.70. The standard InChI is InChI=1S/C21H31NO5S/c1-4-25-21(26-5-2)15-22(14-20-7-6-12-28-20)13-17(23)16-27-19-10-8-18(24-3)9-11-19/h6-12,17,21,23H,4-5,13-16H2,1-3H3. The molecule has 0 amide bonds. The van der Waals surface area contributed by atoms with E-state index in [0.717, 1.165) is 12.3 Å². The first-order chi connectivity index (χ1) is 13.6. The van der Waals surface area contributed by atoms with E-state index in [1.54, 1.807) is 18.4 Å². The average molecular weight is 410 g/mol. The van der Waals surface area contributed by atoms with Crippen molar-refractivity contribution >= 4 is 11.3 Å². The summed E-state index contributed by atoms with van der Waals surface area (Å²) in [5, 5.41) is 12.6. The Labute approximate surface area is 171 Å². The van der Waals surface area contributed by atoms with Crippen LogP contribution in [0.5, 0.6) is 11.5 Å². The summed E-state index contributed by atoms with van der Waals surface area (Å²) in [5.41, 5.74) is 0. The second-order valence-electron chi connectivity index (χ2n) is 6.25. The fraction of sp³-hybridized carbons (Fsp3) is 0.524. The third-order valence-electron chi connectivity index (χ3n) is 4.04. The van der Waals surface area contributed by atoms with Crippen LogP contribution in [0.3, 0.4) is 0 Å². The van der Waals surface area contributed by atoms with Crippen LogP contribution in [0.25, 0.3) is 0 Å². The molecule has 0 aliphatic heterocycles. The van der Waals surface area contributed by atoms with E-state index in [9.17, 15) is 5.11 Å². The number of thiophene rings is 1. The lowest BCUT2D eigenvalue weighted by atomic mass is 10.3. The summed E-state index contributed by atoms with van der Waals surface area (Å²) in [7, 11) is 1.62. The van der Waals surface area contributed by atoms with E-state index in [1.807, 2.05) is 44.2 Å². The highest BCUT2D eigenvalue weighted by Gasteiger charge is 2.19. The maximum Gasteiger partial charge on any atom is 0.170 e. The molecule has 0 fully saturated rings. The van der Waals surface area contributed by atoms with E-state index >= 15 is 0 Å². The molecule has 1 N–H and O–H groups in total. The van der Waals surface area contributed by atoms with E-state index in [4.69, 9.17) is 18.9 Å². The van der Waals surface area contributed by atoms with E-state index in [-0.39, 0.29) is 12.9 Å². The maximum absolute atomic E-state index is 10.5. The highest BCUT2D eigenvalue weighted by Crippen LogP contribution is 2.18. The number of rotatable bonds is 14. The summed E-state index contributed by atoms with van der Waals surface area (Å²) in [6.45, 7) is 7.06. The summed E-state index contributed by atoms with van der Waals surface area (Å²) in [4.78, 5) is 3.37. The second-order valence-corrected chi connectivity index (χ2v) is 7.29. The summed E-state index contributed by atoms with van der Waals surface area (Å²) < 4.78 is 22.2. The van der Waals surface area contributed by atoms with Gasteiger partial charge in [-0.15, -0.1) is 11.3 Å². The monoisotopic (exact) mass is 409 g/mol. The molecule has 28 heavy (non-hydrogen) atoms. The first-order valence-electron chi connectivity index (χ1n) is 9.57. The van der Waals surface area contributed by atoms with Crippen LogP contribution in [0.2, 0.25) is 0 Å². The zero-order chi connectivity index (χ0) is 20.2. The first-order valence-corrected chi connectivity index (χ1v) is 10.4. The largest absolute Gasteiger partial charge is 0.497 e. The van der Waals surface area contributed by atoms with Gasteiger partial charge in [0.1, 0.15) is 24.2 Å². The zero-order valence-corrected chi connectivity index (χ0v) is 17.7. The minimum Gasteiger partial charge on any atom is -0.497 e. The SMILES string of the molecule is CCOC(CN(Cc1cccs1)CC(O)COc1ccc(OC)cc1)OCC. The molecule has 0 spiro atoms. The first kappa shape index (κ1) is 22.6. The van der Waals surface area contributed by atoms with Gasteiger partial charge in [0.05, 0.1) is 7.11 Å². The van der Waals surface area contributed by atoms with E-state index in [0.29, 0.717) is 32.1 Å². The van der Waals surface area contributed by atoms with Crippen LogP contribution in [-0.2, 0) is 16.0 Å². The van der Waals surface area contributed by atoms with Crippen molar-refractivity contribution < 1.29 is 24.1 Å². The van der Waals surface area contributed by atoms with Crippen molar-refractivity contribution in [1.29, 1.82) is 0 Å². The Morgan fingerprint density at radius 1 is 1.00 bits per heavy atom. The third kappa shape index (κ3) is 8.16. The Bertz CT molecular complexity index is 629. The Kier molecular flexibility index (Phi) is 10.3. The molecule has 2 aromatic rings. The van der Waals surface area contributed by atoms with Crippen molar-refractivity contribution in [1.82, 2.24) is 4.90 Å². The van der Waals surface area contributed by atoms with Crippen molar-refractivity contribution in [3.63, 3.8) is 0 Å². The van der Waals surface area contributed by atoms with Crippen LogP contribution in [0, 0.1) is 0 Å². The molecule has 2 rings (SSSR count). The highest BCUT2D eigenvalue weighted by atomic mass is 32.1. The molecule has 0 saturated carbocycles. The molecule has 0 radical (unpaired) electrons. The molecule has 1 aromatic carbocycles. The third-order valence-corrected chi connectivity index (χ3v) is 4.90. The fourth-order valence-electron chi connectivity index (χ4n) is 2.78. The topological polar surface area (TPSA) is 60.4 Å². The minimum atomic E-state index is -0.633. The van der Waals surface area contributed by atoms with Gasteiger partial charge in [0.25, 0.3) is 0 Å². The van der Waals surface area contributed by atoms with Gasteiger partial charge in [-0.05, 0) is 49.6 Å². The van der Waals surface area contributed by atoms with Crippen LogP contribution >= 0.6 is 11.3 Å². The van der Waals surface area contributed by atoms with Gasteiger partial charge in [-0.1, -0.05) is 6.07 Å². The number of aliphatic hydroxyl groups is 1. The lowest BCUT2D eigenvalue weighted by Crippen LogP contribution is -2.41. The van der Waals surface area contributed by atoms with Crippen molar-refractivity contribution in [3.05, 3.63) is 46.7 Å². The second kappa shape index (κ2) is 12.7. The lowest BCUT2D eigenvalue weighted by molar-refractivity contribution is -0.150. The zero-order valence-electron chi connectivity index (χ0n) is 16.9. The van der Waals surface area contributed by atoms with Gasteiger partial charge in [-0.3, -0.25) is 4.90 Å². The molecule has 1 unspecified atom stereocenters. The van der Waals surface area contributed by atoms with Crippen LogP contribution in [0.15, 0.2) is 41.8 Å². The van der Waals surface area contributed by atoms with E-state index in [2.05, 4.69) is 16.3 Å². The number of hydrogen-bond acceptors (Lipinski definition) is 7. The molecule has 1 atom stereocenters. The van der Waals surface area contributed by atoms with Gasteiger partial charge in [0.2, 0.25) is 0 Å². The number of aliphatic hydroxyl groups excluding tert-OH is 1. The van der Waals surface area contributed by atoms with Gasteiger partial charge >= 0.3 is 0 Å². The lowest BCUT2D eigenvalue weighted by Gasteiger charge is -2.28. The molecule has 1 aromatic heterocycles. The molecule has 1 heterocycles. The number of hydrogen-bond donors (Lipinski definition) is 1. The van der Waals surface area contributed by atoms with Gasteiger partial charge in [0, 0.05) is 37.7 Å². The normalized spacial score (nSPS) is 12.5. The Balaban J connectivity index is 1.90. The Morgan fingerprint density at radius 3 is 2.25 bits per heavy atom. The number of nitrogens with zero attached hydrogens (tertiary/aromatic N) is 1. The molecule has 0 aliphatic carbocycles. The van der Waals surface area contributed by atoms with Crippen LogP contribution in [0.1, 0.15) is 18.7 Å². The molecular formula is C21H31NO5S. The van der Waals surface area contributed by atoms with Crippen LogP contribution in [0.4, 0.5) is 0 Å². The van der Waals surface area contributed by atoms with Crippen LogP contribution in [-0.4, -0.2) is 62.4 Å². The van der Waals surface area contributed by atoms with Gasteiger partial charge in [0.15, 0.2) is 6.29 Å². The minimum absolute atomic E-state index is 0.210. The molecular weight excluding hydrogens is 378 g/mol. The van der Waals surface area contributed by atoms with Crippen molar-refractivity contribution in [2.75, 3.05) is 40.0 Å². The molecule has 156 valence electrons. The van der Waals surface area contributed by atoms with Crippen LogP contribution < -0.4 is 9.47 Å². The summed E-state index contributed by atoms with van der Waals surface area (Å²) in [5.74, 6) is 1.47. The number of benzene rings is 1. The molecule has 6 nitrogen and oxygen atoms in total. The van der Waals surface area contributed by atoms with Crippen molar-refractivity contribution in [2.45, 2.75) is 32.8 Å². The predicted molar refractivity (Wildman–Crippen MR) is 111 cm³/mol. The smallest absolute Gasteiger partial charge is 0.170 e. The van der Waals surface area contributed by atoms with Crippen molar-refractivity contribution in [3.8, 4) is 11.5 Å². The summed E-state index contributed by atoms with van der Waals surface area (Å²) in [6, 6.07) is 11.4. The molecule has 0 bridgehead atoms. The highest BCUT2D eigenvalue weighted by molar-refractivity contribution is 7.09.